The summed E-state index contributed by atoms with van der Waals surface area (Å²) in [6.07, 6.45) is 0.561. The van der Waals surface area contributed by atoms with Gasteiger partial charge in [-0.2, -0.15) is 0 Å². The fourth-order valence-electron chi connectivity index (χ4n) is 2.42. The third-order valence-electron chi connectivity index (χ3n) is 3.57. The highest BCUT2D eigenvalue weighted by atomic mass is 32.1. The minimum atomic E-state index is -0.527. The van der Waals surface area contributed by atoms with E-state index in [0.29, 0.717) is 30.6 Å². The summed E-state index contributed by atoms with van der Waals surface area (Å²) in [5.74, 6) is -0.974. The van der Waals surface area contributed by atoms with Crippen LogP contribution in [-0.4, -0.2) is 16.7 Å². The Bertz CT molecular complexity index is 676. The van der Waals surface area contributed by atoms with Gasteiger partial charge in [0.05, 0.1) is 0 Å². The van der Waals surface area contributed by atoms with E-state index >= 15 is 0 Å². The van der Waals surface area contributed by atoms with Crippen molar-refractivity contribution >= 4 is 16.5 Å². The molecule has 0 unspecified atom stereocenters. The van der Waals surface area contributed by atoms with Crippen LogP contribution in [0, 0.1) is 11.6 Å². The van der Waals surface area contributed by atoms with Crippen LogP contribution in [0.4, 0.5) is 13.9 Å². The van der Waals surface area contributed by atoms with Gasteiger partial charge in [-0.25, -0.2) is 8.78 Å². The van der Waals surface area contributed by atoms with Gasteiger partial charge in [0.25, 0.3) is 0 Å². The van der Waals surface area contributed by atoms with E-state index in [1.54, 1.807) is 11.3 Å². The van der Waals surface area contributed by atoms with Gasteiger partial charge in [0.15, 0.2) is 0 Å². The first-order valence-corrected chi connectivity index (χ1v) is 7.72. The van der Waals surface area contributed by atoms with E-state index < -0.39 is 11.6 Å². The summed E-state index contributed by atoms with van der Waals surface area (Å²) in [5.41, 5.74) is 1.28. The van der Waals surface area contributed by atoms with Crippen LogP contribution in [-0.2, 0) is 18.4 Å². The second-order valence-corrected chi connectivity index (χ2v) is 7.29. The molecule has 0 atom stereocenters. The number of fused-ring (bicyclic) bond motifs is 1. The molecular formula is C15H17F2N3S. The highest BCUT2D eigenvalue weighted by molar-refractivity contribution is 7.15. The van der Waals surface area contributed by atoms with E-state index in [1.165, 1.54) is 6.07 Å². The Labute approximate surface area is 126 Å². The van der Waals surface area contributed by atoms with Crippen molar-refractivity contribution in [3.63, 3.8) is 0 Å². The van der Waals surface area contributed by atoms with Gasteiger partial charge in [-0.15, -0.1) is 10.2 Å². The Kier molecular flexibility index (Phi) is 3.43. The third-order valence-corrected chi connectivity index (χ3v) is 4.98. The van der Waals surface area contributed by atoms with Gasteiger partial charge in [0, 0.05) is 24.6 Å². The highest BCUT2D eigenvalue weighted by Crippen LogP contribution is 2.32. The number of rotatable bonds is 1. The molecule has 1 aliphatic heterocycles. The zero-order chi connectivity index (χ0) is 15.2. The van der Waals surface area contributed by atoms with Crippen molar-refractivity contribution in [1.29, 1.82) is 0 Å². The lowest BCUT2D eigenvalue weighted by Gasteiger charge is -2.28. The minimum Gasteiger partial charge on any atom is -0.342 e. The SMILES string of the molecule is CC(C)(C)c1nnc(N2CCc3c(F)cc(F)cc3C2)s1. The van der Waals surface area contributed by atoms with Gasteiger partial charge < -0.3 is 4.90 Å². The summed E-state index contributed by atoms with van der Waals surface area (Å²) in [7, 11) is 0. The fraction of sp³-hybridized carbons (Fsp3) is 0.467. The van der Waals surface area contributed by atoms with Crippen molar-refractivity contribution in [3.8, 4) is 0 Å². The molecule has 3 rings (SSSR count). The molecule has 0 amide bonds. The molecule has 1 aromatic carbocycles. The molecule has 0 saturated carbocycles. The lowest BCUT2D eigenvalue weighted by Crippen LogP contribution is -2.31. The molecule has 1 aromatic heterocycles. The summed E-state index contributed by atoms with van der Waals surface area (Å²) in [5, 5.41) is 10.2. The number of halogens is 2. The van der Waals surface area contributed by atoms with Crippen LogP contribution in [0.1, 0.15) is 36.9 Å². The average Bonchev–Trinajstić information content (AvgIpc) is 2.87. The molecule has 1 aliphatic rings. The molecule has 2 heterocycles. The minimum absolute atomic E-state index is 0.0399. The Morgan fingerprint density at radius 1 is 1.19 bits per heavy atom. The topological polar surface area (TPSA) is 29.0 Å². The summed E-state index contributed by atoms with van der Waals surface area (Å²) < 4.78 is 27.1. The van der Waals surface area contributed by atoms with Gasteiger partial charge in [-0.3, -0.25) is 0 Å². The quantitative estimate of drug-likeness (QED) is 0.805. The Morgan fingerprint density at radius 3 is 2.62 bits per heavy atom. The maximum atomic E-state index is 13.7. The van der Waals surface area contributed by atoms with Crippen LogP contribution in [0.5, 0.6) is 0 Å². The van der Waals surface area contributed by atoms with Crippen LogP contribution >= 0.6 is 11.3 Å². The summed E-state index contributed by atoms with van der Waals surface area (Å²) >= 11 is 1.55. The third kappa shape index (κ3) is 2.77. The predicted octanol–water partition coefficient (Wildman–Crippen LogP) is 3.68. The number of benzene rings is 1. The van der Waals surface area contributed by atoms with E-state index in [9.17, 15) is 8.78 Å². The number of hydrogen-bond donors (Lipinski definition) is 0. The van der Waals surface area contributed by atoms with Gasteiger partial charge in [0.2, 0.25) is 5.13 Å². The molecule has 2 aromatic rings. The number of hydrogen-bond acceptors (Lipinski definition) is 4. The molecule has 0 spiro atoms. The van der Waals surface area contributed by atoms with Crippen LogP contribution < -0.4 is 4.90 Å². The van der Waals surface area contributed by atoms with Crippen LogP contribution in [0.15, 0.2) is 12.1 Å². The number of anilines is 1. The zero-order valence-electron chi connectivity index (χ0n) is 12.3. The van der Waals surface area contributed by atoms with E-state index in [4.69, 9.17) is 0 Å². The van der Waals surface area contributed by atoms with Gasteiger partial charge in [0.1, 0.15) is 16.6 Å². The average molecular weight is 309 g/mol. The lowest BCUT2D eigenvalue weighted by molar-refractivity contribution is 0.555. The Morgan fingerprint density at radius 2 is 1.95 bits per heavy atom. The molecule has 0 saturated heterocycles. The van der Waals surface area contributed by atoms with Crippen LogP contribution in [0.3, 0.4) is 0 Å². The molecule has 3 nitrogen and oxygen atoms in total. The molecule has 112 valence electrons. The van der Waals surface area contributed by atoms with E-state index in [-0.39, 0.29) is 5.41 Å². The second kappa shape index (κ2) is 5.02. The largest absolute Gasteiger partial charge is 0.342 e. The smallest absolute Gasteiger partial charge is 0.208 e. The first-order chi connectivity index (χ1) is 9.84. The monoisotopic (exact) mass is 309 g/mol. The summed E-state index contributed by atoms with van der Waals surface area (Å²) in [4.78, 5) is 2.04. The van der Waals surface area contributed by atoms with Crippen LogP contribution in [0.25, 0.3) is 0 Å². The predicted molar refractivity (Wildman–Crippen MR) is 79.7 cm³/mol. The zero-order valence-corrected chi connectivity index (χ0v) is 13.1. The van der Waals surface area contributed by atoms with Crippen molar-refractivity contribution < 1.29 is 8.78 Å². The first kappa shape index (κ1) is 14.4. The van der Waals surface area contributed by atoms with Crippen molar-refractivity contribution in [1.82, 2.24) is 10.2 Å². The lowest BCUT2D eigenvalue weighted by atomic mass is 9.98. The Hall–Kier alpha value is -1.56. The van der Waals surface area contributed by atoms with E-state index in [0.717, 1.165) is 16.2 Å². The van der Waals surface area contributed by atoms with Crippen molar-refractivity contribution in [2.45, 2.75) is 39.2 Å². The van der Waals surface area contributed by atoms with Crippen molar-refractivity contribution in [2.75, 3.05) is 11.4 Å². The normalized spacial score (nSPS) is 15.2. The molecule has 0 bridgehead atoms. The van der Waals surface area contributed by atoms with E-state index in [2.05, 4.69) is 31.0 Å². The van der Waals surface area contributed by atoms with Crippen LogP contribution in [0.2, 0.25) is 0 Å². The molecule has 6 heteroatoms. The standard InChI is InChI=1S/C15H17F2N3S/c1-15(2,3)13-18-19-14(21-13)20-5-4-11-9(8-20)6-10(16)7-12(11)17/h6-7H,4-5,8H2,1-3H3. The second-order valence-electron chi connectivity index (χ2n) is 6.34. The molecule has 0 fully saturated rings. The van der Waals surface area contributed by atoms with E-state index in [1.807, 2.05) is 4.90 Å². The number of nitrogens with zero attached hydrogens (tertiary/aromatic N) is 3. The van der Waals surface area contributed by atoms with Gasteiger partial charge in [-0.1, -0.05) is 32.1 Å². The molecule has 0 N–H and O–H groups in total. The maximum Gasteiger partial charge on any atom is 0.208 e. The summed E-state index contributed by atoms with van der Waals surface area (Å²) in [6.45, 7) is 7.42. The maximum absolute atomic E-state index is 13.7. The molecular weight excluding hydrogens is 292 g/mol. The first-order valence-electron chi connectivity index (χ1n) is 6.90. The fourth-order valence-corrected chi connectivity index (χ4v) is 3.35. The molecule has 21 heavy (non-hydrogen) atoms. The Balaban J connectivity index is 1.88. The number of aromatic nitrogens is 2. The van der Waals surface area contributed by atoms with Crippen molar-refractivity contribution in [3.05, 3.63) is 39.9 Å². The highest BCUT2D eigenvalue weighted by Gasteiger charge is 2.25. The molecule has 0 radical (unpaired) electrons. The van der Waals surface area contributed by atoms with Gasteiger partial charge >= 0.3 is 0 Å². The van der Waals surface area contributed by atoms with Gasteiger partial charge in [-0.05, 0) is 23.6 Å². The molecule has 0 aliphatic carbocycles. The van der Waals surface area contributed by atoms with Crippen molar-refractivity contribution in [2.24, 2.45) is 0 Å². The summed E-state index contributed by atoms with van der Waals surface area (Å²) in [6, 6.07) is 2.37.